The van der Waals surface area contributed by atoms with Crippen molar-refractivity contribution in [3.63, 3.8) is 0 Å². The highest BCUT2D eigenvalue weighted by Gasteiger charge is 2.49. The second-order valence-electron chi connectivity index (χ2n) is 10.3. The zero-order valence-electron chi connectivity index (χ0n) is 23.6. The fourth-order valence-electron chi connectivity index (χ4n) is 4.72. The van der Waals surface area contributed by atoms with Crippen LogP contribution in [0.3, 0.4) is 0 Å². The first kappa shape index (κ1) is 31.4. The van der Waals surface area contributed by atoms with Gasteiger partial charge in [0.2, 0.25) is 0 Å². The van der Waals surface area contributed by atoms with E-state index in [1.54, 1.807) is 38.1 Å². The minimum atomic E-state index is -1.28. The van der Waals surface area contributed by atoms with Crippen LogP contribution >= 0.6 is 31.9 Å². The van der Waals surface area contributed by atoms with Crippen molar-refractivity contribution in [1.29, 1.82) is 0 Å². The number of benzene rings is 4. The molecule has 0 bridgehead atoms. The lowest BCUT2D eigenvalue weighted by Gasteiger charge is -2.22. The lowest BCUT2D eigenvalue weighted by molar-refractivity contribution is -0.124. The maximum atomic E-state index is 12.7. The Bertz CT molecular complexity index is 1590. The lowest BCUT2D eigenvalue weighted by atomic mass is 9.91. The molecule has 6 rings (SSSR count). The van der Waals surface area contributed by atoms with E-state index in [2.05, 4.69) is 53.0 Å². The maximum Gasteiger partial charge on any atom is 0.275 e. The second kappa shape index (κ2) is 12.9. The first-order valence-electron chi connectivity index (χ1n) is 13.4. The van der Waals surface area contributed by atoms with Crippen LogP contribution in [0, 0.1) is 0 Å². The normalized spacial score (nSPS) is 21.1. The highest BCUT2D eigenvalue weighted by Crippen LogP contribution is 2.31. The number of hydrazone groups is 2. The number of carbonyl (C=O) groups is 2. The minimum absolute atomic E-state index is 0.337. The Morgan fingerprint density at radius 3 is 1.18 bits per heavy atom. The molecule has 0 saturated heterocycles. The largest absolute Gasteiger partial charge is 0.315 e. The molecule has 4 aromatic carbocycles. The van der Waals surface area contributed by atoms with E-state index >= 15 is 0 Å². The van der Waals surface area contributed by atoms with Crippen molar-refractivity contribution in [2.45, 2.75) is 24.9 Å². The zero-order valence-corrected chi connectivity index (χ0v) is 26.8. The summed E-state index contributed by atoms with van der Waals surface area (Å²) in [5.41, 5.74) is 5.45. The summed E-state index contributed by atoms with van der Waals surface area (Å²) in [7, 11) is 0. The molecule has 0 fully saturated rings. The number of amides is 2. The van der Waals surface area contributed by atoms with Gasteiger partial charge in [0.1, 0.15) is 11.4 Å². The van der Waals surface area contributed by atoms with Gasteiger partial charge in [0.25, 0.3) is 11.8 Å². The van der Waals surface area contributed by atoms with E-state index in [1.165, 1.54) is 10.0 Å². The SMILES string of the molecule is CC1(NO)C(=O)N(c2ccc(Br)cc2)N=C1c1ccccc1.CC1(NO)C(=O)N(c2ccc(Br)cc2)N=C1c1ccccc1. The molecular weight excluding hydrogens is 692 g/mol. The van der Waals surface area contributed by atoms with Gasteiger partial charge in [-0.2, -0.15) is 31.2 Å². The molecule has 2 aliphatic rings. The van der Waals surface area contributed by atoms with Gasteiger partial charge < -0.3 is 10.4 Å². The van der Waals surface area contributed by atoms with Crippen LogP contribution in [-0.2, 0) is 9.59 Å². The number of hydrogen-bond acceptors (Lipinski definition) is 8. The van der Waals surface area contributed by atoms with Crippen LogP contribution in [0.2, 0.25) is 0 Å². The fourth-order valence-corrected chi connectivity index (χ4v) is 5.25. The quantitative estimate of drug-likeness (QED) is 0.185. The van der Waals surface area contributed by atoms with Crippen LogP contribution in [0.15, 0.2) is 128 Å². The van der Waals surface area contributed by atoms with Gasteiger partial charge in [-0.1, -0.05) is 92.5 Å². The first-order valence-corrected chi connectivity index (χ1v) is 15.0. The summed E-state index contributed by atoms with van der Waals surface area (Å²) in [4.78, 5) is 25.4. The molecule has 0 radical (unpaired) electrons. The molecule has 2 atom stereocenters. The van der Waals surface area contributed by atoms with Crippen molar-refractivity contribution in [1.82, 2.24) is 11.0 Å². The molecule has 4 aromatic rings. The molecule has 2 amide bonds. The Morgan fingerprint density at radius 1 is 0.568 bits per heavy atom. The summed E-state index contributed by atoms with van der Waals surface area (Å²) in [6.45, 7) is 3.22. The van der Waals surface area contributed by atoms with Crippen LogP contribution in [0.5, 0.6) is 0 Å². The van der Waals surface area contributed by atoms with Crippen LogP contribution < -0.4 is 21.0 Å². The monoisotopic (exact) mass is 718 g/mol. The minimum Gasteiger partial charge on any atom is -0.315 e. The summed E-state index contributed by atoms with van der Waals surface area (Å²) >= 11 is 6.72. The van der Waals surface area contributed by atoms with Gasteiger partial charge in [0.15, 0.2) is 11.1 Å². The van der Waals surface area contributed by atoms with E-state index in [-0.39, 0.29) is 11.8 Å². The predicted molar refractivity (Wildman–Crippen MR) is 176 cm³/mol. The zero-order chi connectivity index (χ0) is 31.5. The Hall–Kier alpha value is -4.04. The summed E-state index contributed by atoms with van der Waals surface area (Å²) in [5, 5.41) is 30.6. The van der Waals surface area contributed by atoms with Gasteiger partial charge >= 0.3 is 0 Å². The van der Waals surface area contributed by atoms with Crippen molar-refractivity contribution in [3.05, 3.63) is 129 Å². The molecule has 0 aromatic heterocycles. The van der Waals surface area contributed by atoms with Crippen molar-refractivity contribution in [2.75, 3.05) is 10.0 Å². The number of nitrogens with one attached hydrogen (secondary N) is 2. The van der Waals surface area contributed by atoms with E-state index in [1.807, 2.05) is 84.9 Å². The number of rotatable bonds is 6. The van der Waals surface area contributed by atoms with E-state index in [0.717, 1.165) is 20.1 Å². The van der Waals surface area contributed by atoms with Crippen LogP contribution in [0.4, 0.5) is 11.4 Å². The predicted octanol–water partition coefficient (Wildman–Crippen LogP) is 5.88. The molecular formula is C32H28Br2N6O4. The molecule has 0 saturated carbocycles. The summed E-state index contributed by atoms with van der Waals surface area (Å²) in [6, 6.07) is 33.1. The number of nitrogens with zero attached hydrogens (tertiary/aromatic N) is 4. The molecule has 44 heavy (non-hydrogen) atoms. The molecule has 10 nitrogen and oxygen atoms in total. The van der Waals surface area contributed by atoms with Crippen LogP contribution in [0.1, 0.15) is 25.0 Å². The second-order valence-corrected chi connectivity index (χ2v) is 12.1. The van der Waals surface area contributed by atoms with Gasteiger partial charge in [0.05, 0.1) is 11.4 Å². The molecule has 4 N–H and O–H groups in total. The average molecular weight is 720 g/mol. The highest BCUT2D eigenvalue weighted by atomic mass is 79.9. The van der Waals surface area contributed by atoms with E-state index in [9.17, 15) is 20.0 Å². The molecule has 2 aliphatic heterocycles. The highest BCUT2D eigenvalue weighted by molar-refractivity contribution is 9.10. The van der Waals surface area contributed by atoms with Gasteiger partial charge in [-0.15, -0.1) is 0 Å². The summed E-state index contributed by atoms with van der Waals surface area (Å²) in [6.07, 6.45) is 0. The smallest absolute Gasteiger partial charge is 0.275 e. The first-order chi connectivity index (χ1) is 21.1. The average Bonchev–Trinajstić information content (AvgIpc) is 3.48. The van der Waals surface area contributed by atoms with Crippen LogP contribution in [-0.4, -0.2) is 44.7 Å². The Balaban J connectivity index is 0.000000175. The number of hydroxylamine groups is 2. The van der Waals surface area contributed by atoms with Gasteiger partial charge in [-0.05, 0) is 62.4 Å². The molecule has 0 spiro atoms. The molecule has 0 aliphatic carbocycles. The standard InChI is InChI=1S/2C16H14BrN3O2/c2*1-16(19-22)14(11-5-3-2-4-6-11)18-20(15(16)21)13-9-7-12(17)8-10-13/h2*2-10,19,22H,1H3. The number of anilines is 2. The Labute approximate surface area is 270 Å². The summed E-state index contributed by atoms with van der Waals surface area (Å²) < 4.78 is 1.83. The van der Waals surface area contributed by atoms with Crippen molar-refractivity contribution in [2.24, 2.45) is 10.2 Å². The Morgan fingerprint density at radius 2 is 0.886 bits per heavy atom. The van der Waals surface area contributed by atoms with E-state index < -0.39 is 11.1 Å². The summed E-state index contributed by atoms with van der Waals surface area (Å²) in [5.74, 6) is -0.674. The third kappa shape index (κ3) is 5.87. The number of halogens is 2. The number of carbonyl (C=O) groups excluding carboxylic acids is 2. The maximum absolute atomic E-state index is 12.7. The van der Waals surface area contributed by atoms with Crippen molar-refractivity contribution < 1.29 is 20.0 Å². The third-order valence-electron chi connectivity index (χ3n) is 7.27. The molecule has 224 valence electrons. The van der Waals surface area contributed by atoms with Crippen LogP contribution in [0.25, 0.3) is 0 Å². The van der Waals surface area contributed by atoms with Crippen molar-refractivity contribution in [3.8, 4) is 0 Å². The molecule has 12 heteroatoms. The van der Waals surface area contributed by atoms with E-state index in [4.69, 9.17) is 0 Å². The topological polar surface area (TPSA) is 130 Å². The van der Waals surface area contributed by atoms with Crippen molar-refractivity contribution >= 4 is 66.5 Å². The third-order valence-corrected chi connectivity index (χ3v) is 8.33. The van der Waals surface area contributed by atoms with Gasteiger partial charge in [0, 0.05) is 20.1 Å². The molecule has 2 unspecified atom stereocenters. The van der Waals surface area contributed by atoms with Gasteiger partial charge in [-0.25, -0.2) is 0 Å². The van der Waals surface area contributed by atoms with Gasteiger partial charge in [-0.3, -0.25) is 9.59 Å². The Kier molecular flexibility index (Phi) is 9.20. The number of hydrogen-bond donors (Lipinski definition) is 4. The molecule has 2 heterocycles. The fraction of sp³-hybridized carbons (Fsp3) is 0.125. The lowest BCUT2D eigenvalue weighted by Crippen LogP contribution is -2.54. The van der Waals surface area contributed by atoms with E-state index in [0.29, 0.717) is 22.8 Å².